The van der Waals surface area contributed by atoms with Crippen LogP contribution < -0.4 is 5.32 Å². The van der Waals surface area contributed by atoms with Gasteiger partial charge in [-0.1, -0.05) is 30.5 Å². The molecule has 1 aliphatic carbocycles. The van der Waals surface area contributed by atoms with Gasteiger partial charge in [0.1, 0.15) is 0 Å². The van der Waals surface area contributed by atoms with E-state index >= 15 is 0 Å². The molecule has 5 nitrogen and oxygen atoms in total. The van der Waals surface area contributed by atoms with Gasteiger partial charge >= 0.3 is 0 Å². The first-order valence-corrected chi connectivity index (χ1v) is 8.31. The van der Waals surface area contributed by atoms with Gasteiger partial charge in [0.2, 0.25) is 11.8 Å². The first-order chi connectivity index (χ1) is 10.3. The van der Waals surface area contributed by atoms with E-state index in [0.29, 0.717) is 24.8 Å². The van der Waals surface area contributed by atoms with Crippen LogP contribution >= 0.6 is 11.3 Å². The standard InChI is InChI=1S/C15H19N3O2S/c19-13(9-12-7-4-8-21-12)16-10-14-17-15(18-20-14)11-5-2-1-3-6-11/h4,7-8,11H,1-3,5-6,9-10H2,(H,16,19). The maximum Gasteiger partial charge on any atom is 0.246 e. The van der Waals surface area contributed by atoms with E-state index < -0.39 is 0 Å². The number of nitrogens with one attached hydrogen (secondary N) is 1. The van der Waals surface area contributed by atoms with Crippen LogP contribution in [0.2, 0.25) is 0 Å². The van der Waals surface area contributed by atoms with Crippen molar-refractivity contribution in [2.75, 3.05) is 0 Å². The summed E-state index contributed by atoms with van der Waals surface area (Å²) in [5, 5.41) is 8.85. The molecule has 1 aliphatic rings. The van der Waals surface area contributed by atoms with Gasteiger partial charge in [0.15, 0.2) is 5.82 Å². The molecule has 3 rings (SSSR count). The second-order valence-electron chi connectivity index (χ2n) is 5.41. The second kappa shape index (κ2) is 6.85. The van der Waals surface area contributed by atoms with E-state index in [1.54, 1.807) is 11.3 Å². The van der Waals surface area contributed by atoms with Crippen LogP contribution in [0.4, 0.5) is 0 Å². The molecule has 1 fully saturated rings. The number of thiophene rings is 1. The molecule has 21 heavy (non-hydrogen) atoms. The Kier molecular flexibility index (Phi) is 4.65. The molecule has 0 aromatic carbocycles. The molecule has 0 bridgehead atoms. The van der Waals surface area contributed by atoms with Crippen molar-refractivity contribution < 1.29 is 9.32 Å². The van der Waals surface area contributed by atoms with Crippen molar-refractivity contribution in [3.8, 4) is 0 Å². The maximum absolute atomic E-state index is 11.8. The molecule has 6 heteroatoms. The fraction of sp³-hybridized carbons (Fsp3) is 0.533. The molecule has 1 saturated carbocycles. The third-order valence-electron chi connectivity index (χ3n) is 3.81. The average molecular weight is 305 g/mol. The highest BCUT2D eigenvalue weighted by Gasteiger charge is 2.20. The third kappa shape index (κ3) is 3.91. The molecule has 2 aromatic heterocycles. The molecule has 0 radical (unpaired) electrons. The van der Waals surface area contributed by atoms with Gasteiger partial charge in [-0.15, -0.1) is 11.3 Å². The van der Waals surface area contributed by atoms with Crippen molar-refractivity contribution in [3.05, 3.63) is 34.1 Å². The average Bonchev–Trinajstić information content (AvgIpc) is 3.17. The van der Waals surface area contributed by atoms with E-state index in [0.717, 1.165) is 23.5 Å². The maximum atomic E-state index is 11.8. The second-order valence-corrected chi connectivity index (χ2v) is 6.45. The molecule has 1 N–H and O–H groups in total. The van der Waals surface area contributed by atoms with E-state index in [1.165, 1.54) is 19.3 Å². The predicted molar refractivity (Wildman–Crippen MR) is 80.0 cm³/mol. The normalized spacial score (nSPS) is 16.0. The van der Waals surface area contributed by atoms with Crippen LogP contribution in [-0.2, 0) is 17.8 Å². The summed E-state index contributed by atoms with van der Waals surface area (Å²) in [7, 11) is 0. The summed E-state index contributed by atoms with van der Waals surface area (Å²) >= 11 is 1.58. The topological polar surface area (TPSA) is 68.0 Å². The van der Waals surface area contributed by atoms with Gasteiger partial charge in [-0.3, -0.25) is 4.79 Å². The summed E-state index contributed by atoms with van der Waals surface area (Å²) in [4.78, 5) is 17.3. The Morgan fingerprint density at radius 3 is 3.00 bits per heavy atom. The zero-order chi connectivity index (χ0) is 14.5. The molecule has 1 amide bonds. The number of hydrogen-bond acceptors (Lipinski definition) is 5. The molecule has 0 unspecified atom stereocenters. The van der Waals surface area contributed by atoms with E-state index in [1.807, 2.05) is 17.5 Å². The zero-order valence-electron chi connectivity index (χ0n) is 11.9. The van der Waals surface area contributed by atoms with Crippen LogP contribution in [0.3, 0.4) is 0 Å². The molecule has 0 saturated heterocycles. The van der Waals surface area contributed by atoms with Crippen LogP contribution in [0.25, 0.3) is 0 Å². The van der Waals surface area contributed by atoms with Crippen molar-refractivity contribution in [2.24, 2.45) is 0 Å². The first kappa shape index (κ1) is 14.3. The number of carbonyl (C=O) groups is 1. The number of carbonyl (C=O) groups excluding carboxylic acids is 1. The zero-order valence-corrected chi connectivity index (χ0v) is 12.7. The molecule has 0 atom stereocenters. The summed E-state index contributed by atoms with van der Waals surface area (Å²) in [6.45, 7) is 0.309. The number of nitrogens with zero attached hydrogens (tertiary/aromatic N) is 2. The van der Waals surface area contributed by atoms with Crippen molar-refractivity contribution in [1.29, 1.82) is 0 Å². The fourth-order valence-electron chi connectivity index (χ4n) is 2.67. The van der Waals surface area contributed by atoms with Crippen LogP contribution in [0.5, 0.6) is 0 Å². The highest BCUT2D eigenvalue weighted by Crippen LogP contribution is 2.30. The number of aromatic nitrogens is 2. The third-order valence-corrected chi connectivity index (χ3v) is 4.68. The predicted octanol–water partition coefficient (Wildman–Crippen LogP) is 3.04. The van der Waals surface area contributed by atoms with Crippen LogP contribution in [0.15, 0.2) is 22.0 Å². The van der Waals surface area contributed by atoms with E-state index in [4.69, 9.17) is 4.52 Å². The SMILES string of the molecule is O=C(Cc1cccs1)NCc1nc(C2CCCCC2)no1. The monoisotopic (exact) mass is 305 g/mol. The molecular weight excluding hydrogens is 286 g/mol. The summed E-state index contributed by atoms with van der Waals surface area (Å²) < 4.78 is 5.23. The van der Waals surface area contributed by atoms with E-state index in [-0.39, 0.29) is 5.91 Å². The summed E-state index contributed by atoms with van der Waals surface area (Å²) in [5.41, 5.74) is 0. The van der Waals surface area contributed by atoms with Gasteiger partial charge in [0.25, 0.3) is 0 Å². The summed E-state index contributed by atoms with van der Waals surface area (Å²) in [6, 6.07) is 3.90. The molecule has 2 heterocycles. The Morgan fingerprint density at radius 1 is 1.38 bits per heavy atom. The first-order valence-electron chi connectivity index (χ1n) is 7.43. The lowest BCUT2D eigenvalue weighted by Gasteiger charge is -2.17. The van der Waals surface area contributed by atoms with Crippen molar-refractivity contribution >= 4 is 17.2 Å². The quantitative estimate of drug-likeness (QED) is 0.922. The minimum atomic E-state index is -0.0186. The Hall–Kier alpha value is -1.69. The van der Waals surface area contributed by atoms with Crippen molar-refractivity contribution in [1.82, 2.24) is 15.5 Å². The smallest absolute Gasteiger partial charge is 0.246 e. The lowest BCUT2D eigenvalue weighted by atomic mass is 9.89. The Labute approximate surface area is 127 Å². The van der Waals surface area contributed by atoms with Gasteiger partial charge in [0, 0.05) is 10.8 Å². The Morgan fingerprint density at radius 2 is 2.24 bits per heavy atom. The van der Waals surface area contributed by atoms with Crippen LogP contribution in [0, 0.1) is 0 Å². The van der Waals surface area contributed by atoms with Gasteiger partial charge in [0.05, 0.1) is 13.0 Å². The Balaban J connectivity index is 1.49. The highest BCUT2D eigenvalue weighted by molar-refractivity contribution is 7.10. The van der Waals surface area contributed by atoms with Crippen molar-refractivity contribution in [3.63, 3.8) is 0 Å². The molecule has 0 spiro atoms. The molecular formula is C15H19N3O2S. The van der Waals surface area contributed by atoms with Gasteiger partial charge in [-0.05, 0) is 24.3 Å². The van der Waals surface area contributed by atoms with Gasteiger partial charge < -0.3 is 9.84 Å². The minimum absolute atomic E-state index is 0.0186. The van der Waals surface area contributed by atoms with E-state index in [9.17, 15) is 4.79 Å². The Bertz CT molecular complexity index is 574. The number of amides is 1. The summed E-state index contributed by atoms with van der Waals surface area (Å²) in [5.74, 6) is 1.71. The minimum Gasteiger partial charge on any atom is -0.347 e. The lowest BCUT2D eigenvalue weighted by molar-refractivity contribution is -0.120. The highest BCUT2D eigenvalue weighted by atomic mass is 32.1. The number of hydrogen-bond donors (Lipinski definition) is 1. The van der Waals surface area contributed by atoms with Gasteiger partial charge in [-0.25, -0.2) is 0 Å². The van der Waals surface area contributed by atoms with Crippen molar-refractivity contribution in [2.45, 2.75) is 51.0 Å². The number of rotatable bonds is 5. The molecule has 112 valence electrons. The molecule has 0 aliphatic heterocycles. The largest absolute Gasteiger partial charge is 0.347 e. The van der Waals surface area contributed by atoms with Gasteiger partial charge in [-0.2, -0.15) is 4.98 Å². The molecule has 2 aromatic rings. The van der Waals surface area contributed by atoms with E-state index in [2.05, 4.69) is 15.5 Å². The summed E-state index contributed by atoms with van der Waals surface area (Å²) in [6.07, 6.45) is 6.48. The fourth-order valence-corrected chi connectivity index (χ4v) is 3.38. The van der Waals surface area contributed by atoms with Crippen LogP contribution in [0.1, 0.15) is 54.6 Å². The van der Waals surface area contributed by atoms with Crippen LogP contribution in [-0.4, -0.2) is 16.0 Å². The lowest BCUT2D eigenvalue weighted by Crippen LogP contribution is -2.24.